The number of halogens is 1. The lowest BCUT2D eigenvalue weighted by molar-refractivity contribution is 0.272. The number of piperazine rings is 1. The topological polar surface area (TPSA) is 45.2 Å². The van der Waals surface area contributed by atoms with Crippen LogP contribution < -0.4 is 4.90 Å². The first kappa shape index (κ1) is 12.6. The minimum atomic E-state index is 0.698. The van der Waals surface area contributed by atoms with Gasteiger partial charge in [-0.2, -0.15) is 0 Å². The van der Waals surface area contributed by atoms with Gasteiger partial charge in [0, 0.05) is 51.0 Å². The van der Waals surface area contributed by atoms with Crippen LogP contribution in [0.15, 0.2) is 24.5 Å². The average Bonchev–Trinajstić information content (AvgIpc) is 2.48. The largest absolute Gasteiger partial charge is 0.354 e. The van der Waals surface area contributed by atoms with Crippen molar-refractivity contribution >= 4 is 28.6 Å². The molecule has 0 aliphatic carbocycles. The van der Waals surface area contributed by atoms with E-state index in [2.05, 4.69) is 24.8 Å². The van der Waals surface area contributed by atoms with Crippen LogP contribution in [0.2, 0.25) is 0 Å². The second-order valence-corrected chi connectivity index (χ2v) is 4.96. The molecular weight excluding hydrogens is 262 g/mol. The van der Waals surface area contributed by atoms with Gasteiger partial charge in [-0.15, -0.1) is 11.6 Å². The first-order chi connectivity index (χ1) is 9.36. The van der Waals surface area contributed by atoms with Crippen LogP contribution in [0, 0.1) is 0 Å². The zero-order valence-corrected chi connectivity index (χ0v) is 11.4. The van der Waals surface area contributed by atoms with Gasteiger partial charge in [-0.25, -0.2) is 9.97 Å². The van der Waals surface area contributed by atoms with E-state index in [1.54, 1.807) is 12.4 Å². The van der Waals surface area contributed by atoms with Crippen molar-refractivity contribution in [1.82, 2.24) is 19.9 Å². The molecule has 0 bridgehead atoms. The van der Waals surface area contributed by atoms with E-state index in [1.807, 2.05) is 12.1 Å². The van der Waals surface area contributed by atoms with Crippen molar-refractivity contribution in [3.05, 3.63) is 24.5 Å². The molecule has 0 radical (unpaired) electrons. The summed E-state index contributed by atoms with van der Waals surface area (Å²) in [6.07, 6.45) is 3.37. The quantitative estimate of drug-likeness (QED) is 0.794. The SMILES string of the molecule is ClCCN1CCN(c2ccc3nccnc3n2)CC1. The van der Waals surface area contributed by atoms with Gasteiger partial charge in [0.2, 0.25) is 0 Å². The molecule has 2 aromatic heterocycles. The Morgan fingerprint density at radius 1 is 1.05 bits per heavy atom. The molecule has 1 fully saturated rings. The summed E-state index contributed by atoms with van der Waals surface area (Å²) in [6, 6.07) is 4.00. The average molecular weight is 278 g/mol. The van der Waals surface area contributed by atoms with E-state index in [-0.39, 0.29) is 0 Å². The highest BCUT2D eigenvalue weighted by Gasteiger charge is 2.17. The van der Waals surface area contributed by atoms with Crippen molar-refractivity contribution in [2.45, 2.75) is 0 Å². The summed E-state index contributed by atoms with van der Waals surface area (Å²) in [5.41, 5.74) is 1.55. The Labute approximate surface area is 117 Å². The zero-order chi connectivity index (χ0) is 13.1. The maximum Gasteiger partial charge on any atom is 0.180 e. The summed E-state index contributed by atoms with van der Waals surface area (Å²) >= 11 is 5.77. The van der Waals surface area contributed by atoms with E-state index in [0.29, 0.717) is 11.5 Å². The van der Waals surface area contributed by atoms with Crippen LogP contribution >= 0.6 is 11.6 Å². The number of anilines is 1. The minimum Gasteiger partial charge on any atom is -0.354 e. The second-order valence-electron chi connectivity index (χ2n) is 4.59. The number of rotatable bonds is 3. The van der Waals surface area contributed by atoms with Crippen LogP contribution in [-0.4, -0.2) is 58.5 Å². The molecule has 0 N–H and O–H groups in total. The second kappa shape index (κ2) is 5.67. The molecule has 1 aliphatic heterocycles. The third-order valence-corrected chi connectivity index (χ3v) is 3.58. The van der Waals surface area contributed by atoms with Crippen LogP contribution in [0.1, 0.15) is 0 Å². The molecule has 0 aromatic carbocycles. The fraction of sp³-hybridized carbons (Fsp3) is 0.462. The highest BCUT2D eigenvalue weighted by Crippen LogP contribution is 2.16. The molecule has 1 aliphatic rings. The summed E-state index contributed by atoms with van der Waals surface area (Å²) < 4.78 is 0. The fourth-order valence-corrected chi connectivity index (χ4v) is 2.58. The Balaban J connectivity index is 1.74. The van der Waals surface area contributed by atoms with Gasteiger partial charge in [0.1, 0.15) is 11.3 Å². The molecule has 5 nitrogen and oxygen atoms in total. The third-order valence-electron chi connectivity index (χ3n) is 3.41. The van der Waals surface area contributed by atoms with E-state index >= 15 is 0 Å². The van der Waals surface area contributed by atoms with Crippen molar-refractivity contribution in [2.75, 3.05) is 43.5 Å². The van der Waals surface area contributed by atoms with Gasteiger partial charge in [-0.05, 0) is 12.1 Å². The molecule has 0 amide bonds. The molecule has 1 saturated heterocycles. The zero-order valence-electron chi connectivity index (χ0n) is 10.7. The Morgan fingerprint density at radius 3 is 2.63 bits per heavy atom. The molecule has 19 heavy (non-hydrogen) atoms. The molecule has 0 unspecified atom stereocenters. The highest BCUT2D eigenvalue weighted by atomic mass is 35.5. The number of aromatic nitrogens is 3. The molecule has 100 valence electrons. The van der Waals surface area contributed by atoms with Crippen molar-refractivity contribution in [2.24, 2.45) is 0 Å². The molecule has 3 rings (SSSR count). The van der Waals surface area contributed by atoms with E-state index in [4.69, 9.17) is 11.6 Å². The summed E-state index contributed by atoms with van der Waals surface area (Å²) in [7, 11) is 0. The number of pyridine rings is 1. The standard InChI is InChI=1S/C13H16ClN5/c14-3-6-18-7-9-19(10-8-18)12-2-1-11-13(17-12)16-5-4-15-11/h1-2,4-5H,3,6-10H2. The van der Waals surface area contributed by atoms with Crippen LogP contribution in [0.3, 0.4) is 0 Å². The molecule has 2 aromatic rings. The van der Waals surface area contributed by atoms with Crippen molar-refractivity contribution in [3.8, 4) is 0 Å². The molecule has 0 saturated carbocycles. The fourth-order valence-electron chi connectivity index (χ4n) is 2.34. The van der Waals surface area contributed by atoms with Crippen LogP contribution in [-0.2, 0) is 0 Å². The van der Waals surface area contributed by atoms with Crippen molar-refractivity contribution < 1.29 is 0 Å². The van der Waals surface area contributed by atoms with E-state index < -0.39 is 0 Å². The molecule has 3 heterocycles. The normalized spacial score (nSPS) is 17.0. The monoisotopic (exact) mass is 277 g/mol. The lowest BCUT2D eigenvalue weighted by Crippen LogP contribution is -2.47. The smallest absolute Gasteiger partial charge is 0.180 e. The minimum absolute atomic E-state index is 0.698. The molecule has 0 spiro atoms. The number of fused-ring (bicyclic) bond motifs is 1. The van der Waals surface area contributed by atoms with E-state index in [1.165, 1.54) is 0 Å². The third kappa shape index (κ3) is 2.77. The molecular formula is C13H16ClN5. The van der Waals surface area contributed by atoms with Crippen LogP contribution in [0.25, 0.3) is 11.2 Å². The van der Waals surface area contributed by atoms with E-state index in [9.17, 15) is 0 Å². The number of hydrogen-bond acceptors (Lipinski definition) is 5. The van der Waals surface area contributed by atoms with Gasteiger partial charge in [0.25, 0.3) is 0 Å². The predicted molar refractivity (Wildman–Crippen MR) is 76.7 cm³/mol. The first-order valence-corrected chi connectivity index (χ1v) is 7.01. The molecule has 6 heteroatoms. The number of hydrogen-bond donors (Lipinski definition) is 0. The summed E-state index contributed by atoms with van der Waals surface area (Å²) in [6.45, 7) is 5.00. The number of alkyl halides is 1. The summed E-state index contributed by atoms with van der Waals surface area (Å²) in [5.74, 6) is 1.68. The maximum atomic E-state index is 5.77. The van der Waals surface area contributed by atoms with Crippen molar-refractivity contribution in [1.29, 1.82) is 0 Å². The maximum absolute atomic E-state index is 5.77. The van der Waals surface area contributed by atoms with Gasteiger partial charge < -0.3 is 4.90 Å². The Bertz CT molecular complexity index is 553. The highest BCUT2D eigenvalue weighted by molar-refractivity contribution is 6.18. The Hall–Kier alpha value is -1.46. The lowest BCUT2D eigenvalue weighted by atomic mass is 10.3. The van der Waals surface area contributed by atoms with Gasteiger partial charge in [0.05, 0.1) is 0 Å². The van der Waals surface area contributed by atoms with Crippen molar-refractivity contribution in [3.63, 3.8) is 0 Å². The van der Waals surface area contributed by atoms with Crippen LogP contribution in [0.5, 0.6) is 0 Å². The van der Waals surface area contributed by atoms with E-state index in [0.717, 1.165) is 44.1 Å². The van der Waals surface area contributed by atoms with Gasteiger partial charge in [-0.1, -0.05) is 0 Å². The van der Waals surface area contributed by atoms with Crippen LogP contribution in [0.4, 0.5) is 5.82 Å². The Kier molecular flexibility index (Phi) is 3.75. The summed E-state index contributed by atoms with van der Waals surface area (Å²) in [5, 5.41) is 0. The summed E-state index contributed by atoms with van der Waals surface area (Å²) in [4.78, 5) is 17.7. The Morgan fingerprint density at radius 2 is 1.84 bits per heavy atom. The van der Waals surface area contributed by atoms with Gasteiger partial charge in [-0.3, -0.25) is 9.88 Å². The van der Waals surface area contributed by atoms with Gasteiger partial charge in [0.15, 0.2) is 5.65 Å². The lowest BCUT2D eigenvalue weighted by Gasteiger charge is -2.35. The predicted octanol–water partition coefficient (Wildman–Crippen LogP) is 1.39. The first-order valence-electron chi connectivity index (χ1n) is 6.48. The number of nitrogens with zero attached hydrogens (tertiary/aromatic N) is 5. The molecule has 0 atom stereocenters. The van der Waals surface area contributed by atoms with Gasteiger partial charge >= 0.3 is 0 Å².